The topological polar surface area (TPSA) is 101 Å². The fraction of sp³-hybridized carbons (Fsp3) is 0.200. The van der Waals surface area contributed by atoms with Crippen molar-refractivity contribution in [2.75, 3.05) is 5.32 Å². The lowest BCUT2D eigenvalue weighted by atomic mass is 10.2. The number of nitrogens with one attached hydrogen (secondary N) is 2. The zero-order valence-electron chi connectivity index (χ0n) is 19.1. The van der Waals surface area contributed by atoms with Crippen molar-refractivity contribution in [3.8, 4) is 0 Å². The molecule has 3 aromatic heterocycles. The molecule has 0 unspecified atom stereocenters. The zero-order valence-corrected chi connectivity index (χ0v) is 20.7. The molecule has 0 atom stereocenters. The van der Waals surface area contributed by atoms with Gasteiger partial charge in [-0.05, 0) is 50.1 Å². The number of aromatic amines is 1. The molecular weight excluding hydrogens is 468 g/mol. The number of fused-ring (bicyclic) bond motifs is 2. The predicted octanol–water partition coefficient (Wildman–Crippen LogP) is 5.90. The minimum absolute atomic E-state index is 0.229. The molecule has 0 spiro atoms. The van der Waals surface area contributed by atoms with Crippen molar-refractivity contribution in [3.05, 3.63) is 80.0 Å². The monoisotopic (exact) mass is 490 g/mol. The van der Waals surface area contributed by atoms with Gasteiger partial charge in [-0.1, -0.05) is 17.7 Å². The summed E-state index contributed by atoms with van der Waals surface area (Å²) >= 11 is 2.86. The van der Waals surface area contributed by atoms with E-state index in [1.165, 1.54) is 22.5 Å². The normalized spacial score (nSPS) is 11.4. The van der Waals surface area contributed by atoms with Gasteiger partial charge < -0.3 is 14.7 Å². The Kier molecular flexibility index (Phi) is 5.75. The van der Waals surface area contributed by atoms with Gasteiger partial charge in [-0.3, -0.25) is 9.59 Å². The lowest BCUT2D eigenvalue weighted by Gasteiger charge is -2.06. The van der Waals surface area contributed by atoms with E-state index >= 15 is 0 Å². The van der Waals surface area contributed by atoms with Crippen molar-refractivity contribution >= 4 is 56.0 Å². The van der Waals surface area contributed by atoms with Gasteiger partial charge in [-0.2, -0.15) is 0 Å². The van der Waals surface area contributed by atoms with Crippen molar-refractivity contribution in [1.82, 2.24) is 15.0 Å². The molecule has 0 bridgehead atoms. The van der Waals surface area contributed by atoms with Crippen molar-refractivity contribution < 1.29 is 9.21 Å². The molecule has 172 valence electrons. The Morgan fingerprint density at radius 2 is 1.94 bits per heavy atom. The summed E-state index contributed by atoms with van der Waals surface area (Å²) in [5.41, 5.74) is 4.70. The van der Waals surface area contributed by atoms with E-state index in [9.17, 15) is 9.59 Å². The second-order valence-electron chi connectivity index (χ2n) is 8.18. The first-order valence-corrected chi connectivity index (χ1v) is 12.5. The van der Waals surface area contributed by atoms with E-state index in [4.69, 9.17) is 4.42 Å². The van der Waals surface area contributed by atoms with Crippen molar-refractivity contribution in [2.24, 2.45) is 0 Å². The molecule has 34 heavy (non-hydrogen) atoms. The first-order chi connectivity index (χ1) is 16.3. The van der Waals surface area contributed by atoms with E-state index in [-0.39, 0.29) is 11.5 Å². The van der Waals surface area contributed by atoms with Crippen LogP contribution in [-0.4, -0.2) is 20.9 Å². The van der Waals surface area contributed by atoms with Crippen LogP contribution in [0.3, 0.4) is 0 Å². The molecule has 0 saturated carbocycles. The second kappa shape index (κ2) is 8.73. The first-order valence-electron chi connectivity index (χ1n) is 10.7. The highest BCUT2D eigenvalue weighted by atomic mass is 32.2. The summed E-state index contributed by atoms with van der Waals surface area (Å²) in [7, 11) is 0. The maximum absolute atomic E-state index is 13.0. The zero-order chi connectivity index (χ0) is 24.0. The van der Waals surface area contributed by atoms with Gasteiger partial charge in [0, 0.05) is 23.6 Å². The molecule has 0 radical (unpaired) electrons. The molecule has 9 heteroatoms. The molecule has 2 aromatic carbocycles. The van der Waals surface area contributed by atoms with Crippen LogP contribution in [0, 0.1) is 27.7 Å². The standard InChI is InChI=1S/C25H22N4O3S2/c1-12-5-6-13(2)19(9-12)33-11-20-28-23(30)21-14(3)22(34-25(21)29-20)24(31)27-16-7-8-17-18(10-16)32-15(4)26-17/h5-10H,11H2,1-4H3,(H,27,31)(H,28,29,30). The third kappa shape index (κ3) is 4.24. The minimum Gasteiger partial charge on any atom is -0.441 e. The highest BCUT2D eigenvalue weighted by molar-refractivity contribution is 7.98. The third-order valence-corrected chi connectivity index (χ3v) is 7.87. The number of thiophene rings is 1. The second-order valence-corrected chi connectivity index (χ2v) is 10.2. The van der Waals surface area contributed by atoms with Gasteiger partial charge in [-0.15, -0.1) is 23.1 Å². The Bertz CT molecular complexity index is 1630. The van der Waals surface area contributed by atoms with Crippen LogP contribution in [-0.2, 0) is 5.75 Å². The number of carbonyl (C=O) groups excluding carboxylic acids is 1. The number of hydrogen-bond acceptors (Lipinski definition) is 7. The number of amides is 1. The Morgan fingerprint density at radius 3 is 2.76 bits per heavy atom. The molecule has 5 rings (SSSR count). The Hall–Kier alpha value is -3.43. The summed E-state index contributed by atoms with van der Waals surface area (Å²) in [5, 5.41) is 3.35. The van der Waals surface area contributed by atoms with Crippen molar-refractivity contribution in [2.45, 2.75) is 38.3 Å². The summed E-state index contributed by atoms with van der Waals surface area (Å²) in [6, 6.07) is 11.6. The number of hydrogen-bond donors (Lipinski definition) is 2. The first kappa shape index (κ1) is 22.4. The maximum atomic E-state index is 13.0. The number of carbonyl (C=O) groups is 1. The molecule has 0 saturated heterocycles. The number of thioether (sulfide) groups is 1. The van der Waals surface area contributed by atoms with Gasteiger partial charge >= 0.3 is 0 Å². The smallest absolute Gasteiger partial charge is 0.266 e. The maximum Gasteiger partial charge on any atom is 0.266 e. The number of nitrogens with zero attached hydrogens (tertiary/aromatic N) is 2. The number of aromatic nitrogens is 3. The summed E-state index contributed by atoms with van der Waals surface area (Å²) in [6.45, 7) is 7.67. The van der Waals surface area contributed by atoms with Crippen LogP contribution in [0.25, 0.3) is 21.3 Å². The van der Waals surface area contributed by atoms with Gasteiger partial charge in [0.25, 0.3) is 11.5 Å². The molecule has 5 aromatic rings. The largest absolute Gasteiger partial charge is 0.441 e. The van der Waals surface area contributed by atoms with Gasteiger partial charge in [-0.25, -0.2) is 9.97 Å². The van der Waals surface area contributed by atoms with Gasteiger partial charge in [0.05, 0.1) is 16.0 Å². The molecule has 0 aliphatic rings. The Balaban J connectivity index is 1.41. The molecule has 7 nitrogen and oxygen atoms in total. The average Bonchev–Trinajstić information content (AvgIpc) is 3.33. The number of H-pyrrole nitrogens is 1. The highest BCUT2D eigenvalue weighted by Crippen LogP contribution is 2.30. The molecular formula is C25H22N4O3S2. The predicted molar refractivity (Wildman–Crippen MR) is 137 cm³/mol. The molecule has 3 heterocycles. The average molecular weight is 491 g/mol. The van der Waals surface area contributed by atoms with Crippen LogP contribution in [0.2, 0.25) is 0 Å². The van der Waals surface area contributed by atoms with Crippen LogP contribution in [0.5, 0.6) is 0 Å². The Labute approximate surface area is 203 Å². The number of rotatable bonds is 5. The van der Waals surface area contributed by atoms with Crippen molar-refractivity contribution in [3.63, 3.8) is 0 Å². The number of anilines is 1. The van der Waals surface area contributed by atoms with Gasteiger partial charge in [0.1, 0.15) is 16.2 Å². The van der Waals surface area contributed by atoms with E-state index in [0.29, 0.717) is 49.4 Å². The molecule has 1 amide bonds. The summed E-state index contributed by atoms with van der Waals surface area (Å²) in [4.78, 5) is 39.9. The van der Waals surface area contributed by atoms with Gasteiger partial charge in [0.15, 0.2) is 11.5 Å². The summed E-state index contributed by atoms with van der Waals surface area (Å²) in [6.07, 6.45) is 0. The van der Waals surface area contributed by atoms with Crippen LogP contribution in [0.1, 0.15) is 38.1 Å². The lowest BCUT2D eigenvalue weighted by Crippen LogP contribution is -2.13. The van der Waals surface area contributed by atoms with Crippen LogP contribution in [0.4, 0.5) is 5.69 Å². The van der Waals surface area contributed by atoms with E-state index in [1.54, 1.807) is 43.8 Å². The molecule has 0 aliphatic heterocycles. The quantitative estimate of drug-likeness (QED) is 0.297. The lowest BCUT2D eigenvalue weighted by molar-refractivity contribution is 0.103. The van der Waals surface area contributed by atoms with Crippen molar-refractivity contribution in [1.29, 1.82) is 0 Å². The fourth-order valence-corrected chi connectivity index (χ4v) is 5.88. The van der Waals surface area contributed by atoms with E-state index < -0.39 is 0 Å². The van der Waals surface area contributed by atoms with Crippen LogP contribution in [0.15, 0.2) is 50.5 Å². The molecule has 0 fully saturated rings. The van der Waals surface area contributed by atoms with E-state index in [2.05, 4.69) is 52.3 Å². The van der Waals surface area contributed by atoms with Crippen LogP contribution < -0.4 is 10.9 Å². The Morgan fingerprint density at radius 1 is 1.12 bits per heavy atom. The molecule has 0 aliphatic carbocycles. The third-order valence-electron chi connectivity index (χ3n) is 5.52. The summed E-state index contributed by atoms with van der Waals surface area (Å²) in [5.74, 6) is 1.39. The highest BCUT2D eigenvalue weighted by Gasteiger charge is 2.20. The van der Waals surface area contributed by atoms with E-state index in [1.807, 2.05) is 0 Å². The SMILES string of the molecule is Cc1ccc(C)c(SCc2nc3sc(C(=O)Nc4ccc5nc(C)oc5c4)c(C)c3c(=O)[nH]2)c1. The van der Waals surface area contributed by atoms with Crippen LogP contribution >= 0.6 is 23.1 Å². The van der Waals surface area contributed by atoms with Gasteiger partial charge in [0.2, 0.25) is 0 Å². The minimum atomic E-state index is -0.290. The van der Waals surface area contributed by atoms with E-state index in [0.717, 1.165) is 10.4 Å². The molecule has 2 N–H and O–H groups in total. The fourth-order valence-electron chi connectivity index (χ4n) is 3.79. The number of aryl methyl sites for hydroxylation is 4. The summed E-state index contributed by atoms with van der Waals surface area (Å²) < 4.78 is 5.55. The number of benzene rings is 2. The number of oxazole rings is 1.